The van der Waals surface area contributed by atoms with Gasteiger partial charge < -0.3 is 15.1 Å². The summed E-state index contributed by atoms with van der Waals surface area (Å²) in [5, 5.41) is 16.1. The van der Waals surface area contributed by atoms with Crippen LogP contribution in [0.4, 0.5) is 0 Å². The fourth-order valence-corrected chi connectivity index (χ4v) is 5.01. The molecule has 2 N–H and O–H groups in total. The summed E-state index contributed by atoms with van der Waals surface area (Å²) in [5.41, 5.74) is 0.562. The van der Waals surface area contributed by atoms with Crippen LogP contribution in [0.5, 0.6) is 0 Å². The van der Waals surface area contributed by atoms with E-state index < -0.39 is 17.7 Å². The summed E-state index contributed by atoms with van der Waals surface area (Å²) in [7, 11) is 0. The zero-order valence-electron chi connectivity index (χ0n) is 20.8. The number of aromatic nitrogens is 2. The minimum atomic E-state index is -0.772. The van der Waals surface area contributed by atoms with E-state index >= 15 is 0 Å². The van der Waals surface area contributed by atoms with Crippen LogP contribution in [-0.4, -0.2) is 46.1 Å². The molecule has 0 unspecified atom stereocenters. The number of hydrogen-bond donors (Lipinski definition) is 2. The van der Waals surface area contributed by atoms with Gasteiger partial charge in [-0.25, -0.2) is 0 Å². The Hall–Kier alpha value is -3.20. The number of thioether (sulfide) groups is 1. The lowest BCUT2D eigenvalue weighted by molar-refractivity contribution is -0.127. The van der Waals surface area contributed by atoms with Gasteiger partial charge in [-0.1, -0.05) is 68.8 Å². The van der Waals surface area contributed by atoms with E-state index in [1.54, 1.807) is 12.3 Å². The van der Waals surface area contributed by atoms with Gasteiger partial charge in [0.05, 0.1) is 12.0 Å². The van der Waals surface area contributed by atoms with Gasteiger partial charge in [0.1, 0.15) is 0 Å². The molecule has 1 aromatic heterocycles. The van der Waals surface area contributed by atoms with Crippen molar-refractivity contribution in [3.63, 3.8) is 0 Å². The Balaban J connectivity index is 1.47. The summed E-state index contributed by atoms with van der Waals surface area (Å²) in [5.74, 6) is -1.18. The molecule has 8 nitrogen and oxygen atoms in total. The number of amides is 2. The highest BCUT2D eigenvalue weighted by Gasteiger charge is 2.35. The van der Waals surface area contributed by atoms with Crippen molar-refractivity contribution >= 4 is 40.1 Å². The predicted octanol–water partition coefficient (Wildman–Crippen LogP) is 4.65. The molecule has 190 valence electrons. The Morgan fingerprint density at radius 3 is 2.53 bits per heavy atom. The van der Waals surface area contributed by atoms with E-state index in [1.807, 2.05) is 50.2 Å². The van der Waals surface area contributed by atoms with Crippen LogP contribution in [0.3, 0.4) is 0 Å². The molecule has 3 atom stereocenters. The van der Waals surface area contributed by atoms with Crippen molar-refractivity contribution in [2.45, 2.75) is 63.3 Å². The van der Waals surface area contributed by atoms with Crippen molar-refractivity contribution in [1.82, 2.24) is 20.8 Å². The number of fused-ring (bicyclic) bond motifs is 1. The van der Waals surface area contributed by atoms with E-state index in [1.165, 1.54) is 11.8 Å². The molecule has 2 amide bonds. The molecule has 0 spiro atoms. The monoisotopic (exact) mass is 508 g/mol. The topological polar surface area (TPSA) is 114 Å². The number of carbonyl (C=O) groups is 3. The maximum absolute atomic E-state index is 13.4. The van der Waals surface area contributed by atoms with Crippen molar-refractivity contribution in [3.8, 4) is 0 Å². The van der Waals surface area contributed by atoms with Crippen molar-refractivity contribution in [1.29, 1.82) is 0 Å². The lowest BCUT2D eigenvalue weighted by atomic mass is 9.83. The van der Waals surface area contributed by atoms with E-state index in [2.05, 4.69) is 20.8 Å². The Bertz CT molecular complexity index is 1240. The molecule has 3 aromatic rings. The average molecular weight is 509 g/mol. The molecule has 36 heavy (non-hydrogen) atoms. The number of ketones is 1. The molecule has 0 saturated heterocycles. The molecular formula is C27H32N4O4S. The first kappa shape index (κ1) is 25.9. The normalized spacial score (nSPS) is 18.7. The number of hydrogen-bond acceptors (Lipinski definition) is 7. The maximum Gasteiger partial charge on any atom is 0.286 e. The molecule has 1 aliphatic carbocycles. The van der Waals surface area contributed by atoms with Gasteiger partial charge in [-0.2, -0.15) is 0 Å². The number of nitrogens with zero attached hydrogens (tertiary/aromatic N) is 2. The molecule has 1 saturated carbocycles. The molecule has 0 bridgehead atoms. The average Bonchev–Trinajstić information content (AvgIpc) is 3.37. The lowest BCUT2D eigenvalue weighted by Gasteiger charge is -2.32. The number of benzene rings is 2. The van der Waals surface area contributed by atoms with Crippen LogP contribution in [0.15, 0.2) is 52.1 Å². The van der Waals surface area contributed by atoms with E-state index in [-0.39, 0.29) is 29.7 Å². The number of carbonyl (C=O) groups excluding carboxylic acids is 3. The van der Waals surface area contributed by atoms with Gasteiger partial charge in [0.2, 0.25) is 11.7 Å². The summed E-state index contributed by atoms with van der Waals surface area (Å²) >= 11 is 1.25. The molecule has 4 rings (SSSR count). The van der Waals surface area contributed by atoms with Gasteiger partial charge in [-0.15, -0.1) is 10.2 Å². The number of nitrogens with one attached hydrogen (secondary N) is 2. The Kier molecular flexibility index (Phi) is 8.40. The molecule has 9 heteroatoms. The number of rotatable bonds is 9. The second-order valence-corrected chi connectivity index (χ2v) is 10.4. The Morgan fingerprint density at radius 1 is 1.06 bits per heavy atom. The molecule has 0 aliphatic heterocycles. The SMILES string of the molecule is CSc1nnc(C(=O)[C@H](CC(C)C)NC(=O)[C@@H]2CCCC[C@@H]2NC(=O)c2ccc3ccccc3c2)o1. The summed E-state index contributed by atoms with van der Waals surface area (Å²) in [6.07, 6.45) is 5.41. The summed E-state index contributed by atoms with van der Waals surface area (Å²) < 4.78 is 5.42. The van der Waals surface area contributed by atoms with Crippen molar-refractivity contribution in [3.05, 3.63) is 53.9 Å². The molecule has 1 fully saturated rings. The minimum absolute atomic E-state index is 0.102. The largest absolute Gasteiger partial charge is 0.408 e. The second-order valence-electron chi connectivity index (χ2n) is 9.67. The van der Waals surface area contributed by atoms with Crippen molar-refractivity contribution < 1.29 is 18.8 Å². The van der Waals surface area contributed by atoms with E-state index in [4.69, 9.17) is 4.42 Å². The summed E-state index contributed by atoms with van der Waals surface area (Å²) in [4.78, 5) is 39.6. The summed E-state index contributed by atoms with van der Waals surface area (Å²) in [6, 6.07) is 12.4. The minimum Gasteiger partial charge on any atom is -0.408 e. The van der Waals surface area contributed by atoms with E-state index in [0.717, 1.165) is 23.6 Å². The standard InChI is InChI=1S/C27H32N4O4S/c1-16(2)14-22(23(32)26-30-31-27(35-26)36-3)29-25(34)20-10-6-7-11-21(20)28-24(33)19-13-12-17-8-4-5-9-18(17)15-19/h4-5,8-9,12-13,15-16,20-22H,6-7,10-11,14H2,1-3H3,(H,28,33)(H,29,34)/t20-,21+,22+/m1/s1. The first-order chi connectivity index (χ1) is 17.4. The lowest BCUT2D eigenvalue weighted by Crippen LogP contribution is -2.52. The van der Waals surface area contributed by atoms with Crippen LogP contribution in [0.1, 0.15) is 67.0 Å². The van der Waals surface area contributed by atoms with Crippen LogP contribution in [0.2, 0.25) is 0 Å². The molecule has 0 radical (unpaired) electrons. The number of Topliss-reactive ketones (excluding diaryl/α,β-unsaturated/α-hetero) is 1. The third-order valence-electron chi connectivity index (χ3n) is 6.56. The Labute approximate surface area is 215 Å². The highest BCUT2D eigenvalue weighted by molar-refractivity contribution is 7.98. The zero-order valence-corrected chi connectivity index (χ0v) is 21.6. The third-order valence-corrected chi connectivity index (χ3v) is 7.08. The van der Waals surface area contributed by atoms with Crippen LogP contribution >= 0.6 is 11.8 Å². The highest BCUT2D eigenvalue weighted by Crippen LogP contribution is 2.26. The second kappa shape index (κ2) is 11.7. The van der Waals surface area contributed by atoms with Crippen LogP contribution in [0, 0.1) is 11.8 Å². The Morgan fingerprint density at radius 2 is 1.81 bits per heavy atom. The fourth-order valence-electron chi connectivity index (χ4n) is 4.72. The van der Waals surface area contributed by atoms with Gasteiger partial charge in [0.15, 0.2) is 0 Å². The third kappa shape index (κ3) is 6.13. The first-order valence-electron chi connectivity index (χ1n) is 12.4. The van der Waals surface area contributed by atoms with Gasteiger partial charge in [-0.05, 0) is 54.3 Å². The van der Waals surface area contributed by atoms with E-state index in [9.17, 15) is 14.4 Å². The first-order valence-corrected chi connectivity index (χ1v) is 13.6. The van der Waals surface area contributed by atoms with Crippen molar-refractivity contribution in [2.75, 3.05) is 6.26 Å². The molecule has 2 aromatic carbocycles. The van der Waals surface area contributed by atoms with Gasteiger partial charge >= 0.3 is 0 Å². The quantitative estimate of drug-likeness (QED) is 0.319. The molecule has 1 aliphatic rings. The van der Waals surface area contributed by atoms with Gasteiger partial charge in [-0.3, -0.25) is 14.4 Å². The molecule has 1 heterocycles. The zero-order chi connectivity index (χ0) is 25.7. The van der Waals surface area contributed by atoms with Gasteiger partial charge in [0, 0.05) is 11.6 Å². The maximum atomic E-state index is 13.4. The van der Waals surface area contributed by atoms with Crippen LogP contribution in [0.25, 0.3) is 10.8 Å². The van der Waals surface area contributed by atoms with Gasteiger partial charge in [0.25, 0.3) is 17.0 Å². The predicted molar refractivity (Wildman–Crippen MR) is 139 cm³/mol. The van der Waals surface area contributed by atoms with Crippen LogP contribution in [-0.2, 0) is 4.79 Å². The summed E-state index contributed by atoms with van der Waals surface area (Å²) in [6.45, 7) is 3.97. The van der Waals surface area contributed by atoms with Crippen LogP contribution < -0.4 is 10.6 Å². The highest BCUT2D eigenvalue weighted by atomic mass is 32.2. The van der Waals surface area contributed by atoms with Crippen molar-refractivity contribution in [2.24, 2.45) is 11.8 Å². The van der Waals surface area contributed by atoms with E-state index in [0.29, 0.717) is 30.0 Å². The fraction of sp³-hybridized carbons (Fsp3) is 0.444. The smallest absolute Gasteiger partial charge is 0.286 e. The molecular weight excluding hydrogens is 476 g/mol.